The van der Waals surface area contributed by atoms with Crippen molar-refractivity contribution >= 4 is 29.3 Å². The fourth-order valence-electron chi connectivity index (χ4n) is 2.41. The summed E-state index contributed by atoms with van der Waals surface area (Å²) in [5, 5.41) is 11.6. The molecule has 0 aliphatic carbocycles. The second-order valence-corrected chi connectivity index (χ2v) is 6.90. The molecule has 132 valence electrons. The third-order valence-corrected chi connectivity index (χ3v) is 4.79. The number of rotatable bonds is 5. The SMILES string of the molecule is Cc1ccc(SCC(=O)Nc2cc(N3CCN(C)CC3)ncn2)nn1. The lowest BCUT2D eigenvalue weighted by atomic mass is 10.3. The highest BCUT2D eigenvalue weighted by molar-refractivity contribution is 7.99. The van der Waals surface area contributed by atoms with Gasteiger partial charge >= 0.3 is 0 Å². The predicted octanol–water partition coefficient (Wildman–Crippen LogP) is 1.06. The van der Waals surface area contributed by atoms with Crippen LogP contribution in [0.3, 0.4) is 0 Å². The van der Waals surface area contributed by atoms with Crippen molar-refractivity contribution in [3.63, 3.8) is 0 Å². The Kier molecular flexibility index (Phi) is 5.77. The van der Waals surface area contributed by atoms with E-state index in [4.69, 9.17) is 0 Å². The van der Waals surface area contributed by atoms with Crippen molar-refractivity contribution < 1.29 is 4.79 Å². The Bertz CT molecular complexity index is 717. The van der Waals surface area contributed by atoms with Crippen LogP contribution >= 0.6 is 11.8 Å². The van der Waals surface area contributed by atoms with Crippen LogP contribution in [0.5, 0.6) is 0 Å². The molecule has 1 amide bonds. The first-order chi connectivity index (χ1) is 12.1. The normalized spacial score (nSPS) is 15.2. The first kappa shape index (κ1) is 17.6. The van der Waals surface area contributed by atoms with Crippen molar-refractivity contribution in [2.45, 2.75) is 11.9 Å². The number of nitrogens with one attached hydrogen (secondary N) is 1. The van der Waals surface area contributed by atoms with Gasteiger partial charge in [0.15, 0.2) is 0 Å². The van der Waals surface area contributed by atoms with Gasteiger partial charge in [0.25, 0.3) is 0 Å². The number of carbonyl (C=O) groups is 1. The van der Waals surface area contributed by atoms with Gasteiger partial charge in [0.2, 0.25) is 5.91 Å². The molecule has 0 atom stereocenters. The fourth-order valence-corrected chi connectivity index (χ4v) is 3.02. The quantitative estimate of drug-likeness (QED) is 0.793. The summed E-state index contributed by atoms with van der Waals surface area (Å²) in [5.41, 5.74) is 0.853. The standard InChI is InChI=1S/C16H21N7OS/c1-12-3-4-16(21-20-12)25-10-15(24)19-13-9-14(18-11-17-13)23-7-5-22(2)6-8-23/h3-4,9,11H,5-8,10H2,1-2H3,(H,17,18,19,24). The number of aryl methyl sites for hydroxylation is 1. The van der Waals surface area contributed by atoms with Crippen LogP contribution in [0.25, 0.3) is 0 Å². The van der Waals surface area contributed by atoms with E-state index in [2.05, 4.69) is 42.3 Å². The second kappa shape index (κ2) is 8.21. The minimum absolute atomic E-state index is 0.129. The molecule has 1 N–H and O–H groups in total. The molecule has 0 spiro atoms. The van der Waals surface area contributed by atoms with E-state index in [1.165, 1.54) is 18.1 Å². The molecule has 1 aliphatic rings. The lowest BCUT2D eigenvalue weighted by Crippen LogP contribution is -2.44. The maximum atomic E-state index is 12.1. The zero-order chi connectivity index (χ0) is 17.6. The Hall–Kier alpha value is -2.26. The first-order valence-corrected chi connectivity index (χ1v) is 9.07. The summed E-state index contributed by atoms with van der Waals surface area (Å²) in [6.07, 6.45) is 1.49. The number of piperazine rings is 1. The minimum Gasteiger partial charge on any atom is -0.354 e. The van der Waals surface area contributed by atoms with Gasteiger partial charge in [-0.2, -0.15) is 5.10 Å². The topological polar surface area (TPSA) is 87.1 Å². The second-order valence-electron chi connectivity index (χ2n) is 5.90. The van der Waals surface area contributed by atoms with E-state index < -0.39 is 0 Å². The van der Waals surface area contributed by atoms with Crippen LogP contribution in [0.4, 0.5) is 11.6 Å². The molecule has 8 nitrogen and oxygen atoms in total. The molecule has 0 aromatic carbocycles. The van der Waals surface area contributed by atoms with E-state index >= 15 is 0 Å². The maximum Gasteiger partial charge on any atom is 0.235 e. The van der Waals surface area contributed by atoms with E-state index in [1.807, 2.05) is 25.1 Å². The lowest BCUT2D eigenvalue weighted by Gasteiger charge is -2.33. The molecule has 2 aromatic rings. The molecule has 25 heavy (non-hydrogen) atoms. The van der Waals surface area contributed by atoms with Crippen LogP contribution < -0.4 is 10.2 Å². The van der Waals surface area contributed by atoms with Crippen LogP contribution in [0, 0.1) is 6.92 Å². The van der Waals surface area contributed by atoms with Gasteiger partial charge in [-0.05, 0) is 26.1 Å². The van der Waals surface area contributed by atoms with Crippen LogP contribution in [-0.4, -0.2) is 70.0 Å². The highest BCUT2D eigenvalue weighted by Gasteiger charge is 2.16. The van der Waals surface area contributed by atoms with E-state index in [1.54, 1.807) is 0 Å². The molecule has 1 fully saturated rings. The van der Waals surface area contributed by atoms with Gasteiger partial charge < -0.3 is 15.1 Å². The van der Waals surface area contributed by atoms with Crippen molar-refractivity contribution in [3.05, 3.63) is 30.2 Å². The number of likely N-dealkylation sites (N-methyl/N-ethyl adjacent to an activating group) is 1. The molecule has 1 aliphatic heterocycles. The van der Waals surface area contributed by atoms with Crippen molar-refractivity contribution in [3.8, 4) is 0 Å². The number of amides is 1. The molecular formula is C16H21N7OS. The molecule has 1 saturated heterocycles. The third kappa shape index (κ3) is 5.10. The largest absolute Gasteiger partial charge is 0.354 e. The minimum atomic E-state index is -0.129. The zero-order valence-corrected chi connectivity index (χ0v) is 15.2. The van der Waals surface area contributed by atoms with Gasteiger partial charge in [0.05, 0.1) is 11.4 Å². The Balaban J connectivity index is 1.54. The average Bonchev–Trinajstić information content (AvgIpc) is 2.62. The van der Waals surface area contributed by atoms with Crippen molar-refractivity contribution in [1.82, 2.24) is 25.1 Å². The van der Waals surface area contributed by atoms with Gasteiger partial charge in [-0.3, -0.25) is 4.79 Å². The third-order valence-electron chi connectivity index (χ3n) is 3.87. The number of thioether (sulfide) groups is 1. The number of anilines is 2. The summed E-state index contributed by atoms with van der Waals surface area (Å²) in [7, 11) is 2.11. The van der Waals surface area contributed by atoms with Crippen molar-refractivity contribution in [1.29, 1.82) is 0 Å². The molecule has 9 heteroatoms. The molecule has 0 bridgehead atoms. The molecule has 0 unspecified atom stereocenters. The van der Waals surface area contributed by atoms with Crippen LogP contribution in [0.1, 0.15) is 5.69 Å². The summed E-state index contributed by atoms with van der Waals surface area (Å²) in [4.78, 5) is 25.1. The molecule has 2 aromatic heterocycles. The Morgan fingerprint density at radius 1 is 1.20 bits per heavy atom. The van der Waals surface area contributed by atoms with Crippen molar-refractivity contribution in [2.75, 3.05) is 49.2 Å². The van der Waals surface area contributed by atoms with Gasteiger partial charge in [-0.15, -0.1) is 5.10 Å². The Morgan fingerprint density at radius 3 is 2.72 bits per heavy atom. The smallest absolute Gasteiger partial charge is 0.235 e. The van der Waals surface area contributed by atoms with Crippen molar-refractivity contribution in [2.24, 2.45) is 0 Å². The summed E-state index contributed by atoms with van der Waals surface area (Å²) in [6.45, 7) is 5.72. The number of hydrogen-bond acceptors (Lipinski definition) is 8. The zero-order valence-electron chi connectivity index (χ0n) is 14.3. The van der Waals surface area contributed by atoms with Crippen LogP contribution in [-0.2, 0) is 4.79 Å². The molecular weight excluding hydrogens is 338 g/mol. The number of carbonyl (C=O) groups excluding carboxylic acids is 1. The fraction of sp³-hybridized carbons (Fsp3) is 0.438. The highest BCUT2D eigenvalue weighted by Crippen LogP contribution is 2.17. The highest BCUT2D eigenvalue weighted by atomic mass is 32.2. The van der Waals surface area contributed by atoms with E-state index in [0.717, 1.165) is 42.7 Å². The monoisotopic (exact) mass is 359 g/mol. The predicted molar refractivity (Wildman–Crippen MR) is 97.9 cm³/mol. The van der Waals surface area contributed by atoms with Crippen LogP contribution in [0.15, 0.2) is 29.6 Å². The average molecular weight is 359 g/mol. The molecule has 3 rings (SSSR count). The Labute approximate surface area is 151 Å². The van der Waals surface area contributed by atoms with Crippen LogP contribution in [0.2, 0.25) is 0 Å². The summed E-state index contributed by atoms with van der Waals surface area (Å²) < 4.78 is 0. The summed E-state index contributed by atoms with van der Waals surface area (Å²) in [6, 6.07) is 5.55. The summed E-state index contributed by atoms with van der Waals surface area (Å²) >= 11 is 1.34. The molecule has 0 saturated carbocycles. The van der Waals surface area contributed by atoms with Gasteiger partial charge in [-0.1, -0.05) is 11.8 Å². The maximum absolute atomic E-state index is 12.1. The van der Waals surface area contributed by atoms with Gasteiger partial charge in [0, 0.05) is 32.2 Å². The number of aromatic nitrogens is 4. The van der Waals surface area contributed by atoms with E-state index in [-0.39, 0.29) is 11.7 Å². The Morgan fingerprint density at radius 2 is 2.00 bits per heavy atom. The van der Waals surface area contributed by atoms with Gasteiger partial charge in [0.1, 0.15) is 23.0 Å². The van der Waals surface area contributed by atoms with E-state index in [9.17, 15) is 4.79 Å². The number of hydrogen-bond donors (Lipinski definition) is 1. The lowest BCUT2D eigenvalue weighted by molar-refractivity contribution is -0.113. The van der Waals surface area contributed by atoms with E-state index in [0.29, 0.717) is 5.82 Å². The molecule has 3 heterocycles. The first-order valence-electron chi connectivity index (χ1n) is 8.09. The van der Waals surface area contributed by atoms with Gasteiger partial charge in [-0.25, -0.2) is 9.97 Å². The summed E-state index contributed by atoms with van der Waals surface area (Å²) in [5.74, 6) is 1.49. The number of nitrogens with zero attached hydrogens (tertiary/aromatic N) is 6. The molecule has 0 radical (unpaired) electrons.